The second-order valence-electron chi connectivity index (χ2n) is 6.47. The van der Waals surface area contributed by atoms with E-state index >= 15 is 0 Å². The van der Waals surface area contributed by atoms with E-state index in [0.717, 1.165) is 31.6 Å². The quantitative estimate of drug-likeness (QED) is 0.785. The second kappa shape index (κ2) is 8.36. The first-order chi connectivity index (χ1) is 11.2. The van der Waals surface area contributed by atoms with Gasteiger partial charge in [-0.15, -0.1) is 12.4 Å². The maximum absolute atomic E-state index is 5.56. The molecule has 2 aromatic rings. The first-order valence-corrected chi connectivity index (χ1v) is 8.25. The lowest BCUT2D eigenvalue weighted by atomic mass is 9.82. The molecular formula is C21H26ClNO. The molecule has 2 nitrogen and oxygen atoms in total. The summed E-state index contributed by atoms with van der Waals surface area (Å²) in [5, 5.41) is 0. The number of rotatable bonds is 5. The minimum absolute atomic E-state index is 0. The summed E-state index contributed by atoms with van der Waals surface area (Å²) in [5.74, 6) is 0.979. The number of likely N-dealkylation sites (N-methyl/N-ethyl adjacent to an activating group) is 1. The Morgan fingerprint density at radius 2 is 1.67 bits per heavy atom. The van der Waals surface area contributed by atoms with Crippen LogP contribution in [0.5, 0.6) is 5.75 Å². The summed E-state index contributed by atoms with van der Waals surface area (Å²) in [7, 11) is 6.05. The van der Waals surface area contributed by atoms with Crippen molar-refractivity contribution in [3.8, 4) is 5.75 Å². The number of aryl methyl sites for hydroxylation is 1. The molecule has 0 N–H and O–H groups in total. The minimum atomic E-state index is 0. The number of allylic oxidation sites excluding steroid dienone is 1. The van der Waals surface area contributed by atoms with Crippen molar-refractivity contribution in [2.24, 2.45) is 0 Å². The van der Waals surface area contributed by atoms with Crippen molar-refractivity contribution in [1.82, 2.24) is 4.90 Å². The molecule has 1 aliphatic carbocycles. The summed E-state index contributed by atoms with van der Waals surface area (Å²) in [6.07, 6.45) is 3.23. The van der Waals surface area contributed by atoms with E-state index in [1.165, 1.54) is 22.3 Å². The van der Waals surface area contributed by atoms with Crippen LogP contribution in [0.1, 0.15) is 23.1 Å². The number of para-hydroxylation sites is 1. The minimum Gasteiger partial charge on any atom is -0.496 e. The molecule has 2 aromatic carbocycles. The second-order valence-corrected chi connectivity index (χ2v) is 6.47. The van der Waals surface area contributed by atoms with Gasteiger partial charge in [-0.1, -0.05) is 48.0 Å². The lowest BCUT2D eigenvalue weighted by Crippen LogP contribution is -2.19. The van der Waals surface area contributed by atoms with Crippen molar-refractivity contribution in [3.05, 3.63) is 70.8 Å². The zero-order valence-corrected chi connectivity index (χ0v) is 15.5. The Balaban J connectivity index is 0.00000208. The molecule has 0 saturated carbocycles. The van der Waals surface area contributed by atoms with Crippen LogP contribution in [0, 0.1) is 0 Å². The van der Waals surface area contributed by atoms with Gasteiger partial charge in [-0.3, -0.25) is 0 Å². The lowest BCUT2D eigenvalue weighted by molar-refractivity contribution is 0.410. The van der Waals surface area contributed by atoms with Crippen LogP contribution >= 0.6 is 12.4 Å². The van der Waals surface area contributed by atoms with E-state index in [-0.39, 0.29) is 12.4 Å². The van der Waals surface area contributed by atoms with Crippen LogP contribution in [0.4, 0.5) is 0 Å². The van der Waals surface area contributed by atoms with E-state index in [2.05, 4.69) is 61.5 Å². The molecule has 3 rings (SSSR count). The van der Waals surface area contributed by atoms with E-state index in [9.17, 15) is 0 Å². The van der Waals surface area contributed by atoms with Crippen LogP contribution in [0.25, 0.3) is 5.57 Å². The van der Waals surface area contributed by atoms with Gasteiger partial charge in [0.05, 0.1) is 7.11 Å². The molecule has 1 aliphatic rings. The summed E-state index contributed by atoms with van der Waals surface area (Å²) in [4.78, 5) is 2.27. The lowest BCUT2D eigenvalue weighted by Gasteiger charge is -2.26. The number of benzene rings is 2. The van der Waals surface area contributed by atoms with E-state index in [1.807, 2.05) is 6.07 Å². The Kier molecular flexibility index (Phi) is 6.47. The Labute approximate surface area is 151 Å². The number of fused-ring (bicyclic) bond motifs is 1. The summed E-state index contributed by atoms with van der Waals surface area (Å²) in [6.45, 7) is 1.03. The normalized spacial score (nSPS) is 13.5. The van der Waals surface area contributed by atoms with E-state index in [4.69, 9.17) is 4.74 Å². The molecule has 128 valence electrons. The third-order valence-corrected chi connectivity index (χ3v) is 4.53. The summed E-state index contributed by atoms with van der Waals surface area (Å²) in [6, 6.07) is 17.2. The van der Waals surface area contributed by atoms with Gasteiger partial charge in [0.2, 0.25) is 0 Å². The molecule has 24 heavy (non-hydrogen) atoms. The van der Waals surface area contributed by atoms with Crippen LogP contribution < -0.4 is 4.74 Å². The molecule has 0 radical (unpaired) electrons. The fraction of sp³-hybridized carbons (Fsp3) is 0.333. The van der Waals surface area contributed by atoms with Gasteiger partial charge < -0.3 is 9.64 Å². The summed E-state index contributed by atoms with van der Waals surface area (Å²) < 4.78 is 5.56. The molecule has 0 bridgehead atoms. The molecular weight excluding hydrogens is 318 g/mol. The van der Waals surface area contributed by atoms with Gasteiger partial charge in [-0.05, 0) is 55.3 Å². The largest absolute Gasteiger partial charge is 0.496 e. The molecule has 0 aromatic heterocycles. The Hall–Kier alpha value is -1.77. The molecule has 0 spiro atoms. The summed E-state index contributed by atoms with van der Waals surface area (Å²) in [5.41, 5.74) is 7.18. The van der Waals surface area contributed by atoms with Crippen molar-refractivity contribution in [1.29, 1.82) is 0 Å². The number of hydrogen-bond acceptors (Lipinski definition) is 2. The third-order valence-electron chi connectivity index (χ3n) is 4.53. The van der Waals surface area contributed by atoms with Crippen molar-refractivity contribution in [3.63, 3.8) is 0 Å². The van der Waals surface area contributed by atoms with Gasteiger partial charge >= 0.3 is 0 Å². The molecule has 3 heteroatoms. The molecule has 0 fully saturated rings. The van der Waals surface area contributed by atoms with E-state index < -0.39 is 0 Å². The smallest absolute Gasteiger partial charge is 0.122 e. The number of nitrogens with zero attached hydrogens (tertiary/aromatic N) is 1. The average molecular weight is 344 g/mol. The van der Waals surface area contributed by atoms with Gasteiger partial charge in [-0.2, -0.15) is 0 Å². The topological polar surface area (TPSA) is 12.5 Å². The Morgan fingerprint density at radius 3 is 2.42 bits per heavy atom. The standard InChI is InChI=1S/C21H25NO.ClH/c1-22(2)15-18-13-12-16-8-4-6-10-19(16)20(18)14-17-9-5-7-11-21(17)23-3;/h4-11H,12-15H2,1-3H3;1H. The molecule has 0 atom stereocenters. The zero-order valence-electron chi connectivity index (χ0n) is 14.7. The number of hydrogen-bond donors (Lipinski definition) is 0. The van der Waals surface area contributed by atoms with Crippen molar-refractivity contribution in [2.75, 3.05) is 27.7 Å². The zero-order chi connectivity index (χ0) is 16.2. The first kappa shape index (κ1) is 18.6. The van der Waals surface area contributed by atoms with Gasteiger partial charge in [-0.25, -0.2) is 0 Å². The van der Waals surface area contributed by atoms with Crippen molar-refractivity contribution in [2.45, 2.75) is 19.3 Å². The highest BCUT2D eigenvalue weighted by Crippen LogP contribution is 2.35. The van der Waals surface area contributed by atoms with Gasteiger partial charge in [0.1, 0.15) is 5.75 Å². The van der Waals surface area contributed by atoms with Gasteiger partial charge in [0.25, 0.3) is 0 Å². The maximum atomic E-state index is 5.56. The molecule has 0 aliphatic heterocycles. The van der Waals surface area contributed by atoms with E-state index in [1.54, 1.807) is 12.7 Å². The fourth-order valence-corrected chi connectivity index (χ4v) is 3.48. The molecule has 0 unspecified atom stereocenters. The predicted molar refractivity (Wildman–Crippen MR) is 104 cm³/mol. The highest BCUT2D eigenvalue weighted by atomic mass is 35.5. The Bertz CT molecular complexity index is 721. The van der Waals surface area contributed by atoms with Crippen molar-refractivity contribution >= 4 is 18.0 Å². The molecule has 0 saturated heterocycles. The maximum Gasteiger partial charge on any atom is 0.122 e. The van der Waals surface area contributed by atoms with Crippen LogP contribution in [0.3, 0.4) is 0 Å². The fourth-order valence-electron chi connectivity index (χ4n) is 3.48. The van der Waals surface area contributed by atoms with E-state index in [0.29, 0.717) is 0 Å². The highest BCUT2D eigenvalue weighted by Gasteiger charge is 2.20. The van der Waals surface area contributed by atoms with Gasteiger partial charge in [0.15, 0.2) is 0 Å². The number of ether oxygens (including phenoxy) is 1. The highest BCUT2D eigenvalue weighted by molar-refractivity contribution is 5.85. The van der Waals surface area contributed by atoms with Crippen LogP contribution in [0.2, 0.25) is 0 Å². The van der Waals surface area contributed by atoms with Gasteiger partial charge in [0, 0.05) is 13.0 Å². The van der Waals surface area contributed by atoms with Crippen molar-refractivity contribution < 1.29 is 4.74 Å². The number of methoxy groups -OCH3 is 1. The molecule has 0 amide bonds. The monoisotopic (exact) mass is 343 g/mol. The molecule has 0 heterocycles. The first-order valence-electron chi connectivity index (χ1n) is 8.25. The average Bonchev–Trinajstić information content (AvgIpc) is 2.57. The third kappa shape index (κ3) is 4.00. The summed E-state index contributed by atoms with van der Waals surface area (Å²) >= 11 is 0. The Morgan fingerprint density at radius 1 is 0.958 bits per heavy atom. The van der Waals surface area contributed by atoms with Crippen LogP contribution in [-0.4, -0.2) is 32.6 Å². The van der Waals surface area contributed by atoms with Crippen LogP contribution in [0.15, 0.2) is 54.1 Å². The SMILES string of the molecule is COc1ccccc1CC1=C(CN(C)C)CCc2ccccc21.Cl. The predicted octanol–water partition coefficient (Wildman–Crippen LogP) is 4.62. The van der Waals surface area contributed by atoms with Crippen LogP contribution in [-0.2, 0) is 12.8 Å². The number of halogens is 1.